The molecule has 15 heavy (non-hydrogen) atoms. The molecule has 2 rings (SSSR count). The summed E-state index contributed by atoms with van der Waals surface area (Å²) >= 11 is 1.36. The maximum atomic E-state index is 11.1. The number of hydrogen-bond donors (Lipinski definition) is 1. The van der Waals surface area contributed by atoms with Gasteiger partial charge in [-0.25, -0.2) is 4.98 Å². The smallest absolute Gasteiger partial charge is 0.221 e. The van der Waals surface area contributed by atoms with Gasteiger partial charge in [-0.2, -0.15) is 0 Å². The topological polar surface area (TPSA) is 62.3 Å². The number of hydrogen-bond acceptors (Lipinski definition) is 5. The van der Waals surface area contributed by atoms with E-state index in [-0.39, 0.29) is 5.91 Å². The molecule has 80 valence electrons. The third kappa shape index (κ3) is 2.33. The van der Waals surface area contributed by atoms with Crippen molar-refractivity contribution in [3.63, 3.8) is 0 Å². The molecule has 1 fully saturated rings. The lowest BCUT2D eigenvalue weighted by molar-refractivity contribution is -0.120. The van der Waals surface area contributed by atoms with Crippen LogP contribution < -0.4 is 10.2 Å². The highest BCUT2D eigenvalue weighted by Gasteiger charge is 2.16. The molecule has 1 aliphatic rings. The molecule has 1 N–H and O–H groups in total. The maximum absolute atomic E-state index is 11.1. The number of nitrogens with one attached hydrogen (secondary N) is 1. The fraction of sp³-hybridized carbons (Fsp3) is 0.444. The Labute approximate surface area is 91.1 Å². The predicted octanol–water partition coefficient (Wildman–Crippen LogP) is 0.282. The van der Waals surface area contributed by atoms with E-state index in [4.69, 9.17) is 0 Å². The van der Waals surface area contributed by atoms with E-state index in [1.165, 1.54) is 11.3 Å². The zero-order chi connectivity index (χ0) is 10.7. The van der Waals surface area contributed by atoms with Gasteiger partial charge in [0, 0.05) is 26.1 Å². The van der Waals surface area contributed by atoms with Gasteiger partial charge in [0.25, 0.3) is 0 Å². The molecule has 1 saturated heterocycles. The summed E-state index contributed by atoms with van der Waals surface area (Å²) in [6.07, 6.45) is 2.84. The van der Waals surface area contributed by atoms with Gasteiger partial charge < -0.3 is 10.2 Å². The van der Waals surface area contributed by atoms with Crippen molar-refractivity contribution >= 4 is 28.7 Å². The Bertz CT molecular complexity index is 377. The molecule has 1 aromatic heterocycles. The summed E-state index contributed by atoms with van der Waals surface area (Å²) in [4.78, 5) is 28.4. The van der Waals surface area contributed by atoms with Crippen molar-refractivity contribution in [3.05, 3.63) is 11.1 Å². The average Bonchev–Trinajstić information content (AvgIpc) is 2.62. The van der Waals surface area contributed by atoms with Gasteiger partial charge in [-0.3, -0.25) is 9.59 Å². The molecular weight excluding hydrogens is 214 g/mol. The normalized spacial score (nSPS) is 17.1. The van der Waals surface area contributed by atoms with E-state index in [0.717, 1.165) is 18.0 Å². The van der Waals surface area contributed by atoms with Crippen molar-refractivity contribution in [3.8, 4) is 0 Å². The van der Waals surface area contributed by atoms with Gasteiger partial charge in [-0.05, 0) is 0 Å². The highest BCUT2D eigenvalue weighted by atomic mass is 32.1. The van der Waals surface area contributed by atoms with Gasteiger partial charge in [0.05, 0.1) is 11.1 Å². The Kier molecular flexibility index (Phi) is 2.96. The number of nitrogens with zero attached hydrogens (tertiary/aromatic N) is 2. The maximum Gasteiger partial charge on any atom is 0.221 e. The number of rotatable bonds is 2. The van der Waals surface area contributed by atoms with Crippen molar-refractivity contribution < 1.29 is 9.59 Å². The van der Waals surface area contributed by atoms with Gasteiger partial charge in [-0.15, -0.1) is 0 Å². The minimum atomic E-state index is 0.0738. The van der Waals surface area contributed by atoms with Gasteiger partial charge in [0.2, 0.25) is 5.91 Å². The standard InChI is InChI=1S/C9H11N3O2S/c13-6-7-5-11-9(15-7)12-3-1-8(14)10-2-4-12/h5-6H,1-4H2,(H,10,14). The number of aromatic nitrogens is 1. The second-order valence-corrected chi connectivity index (χ2v) is 4.29. The molecular formula is C9H11N3O2S. The predicted molar refractivity (Wildman–Crippen MR) is 57.3 cm³/mol. The molecule has 0 atom stereocenters. The summed E-state index contributed by atoms with van der Waals surface area (Å²) in [5, 5.41) is 3.61. The number of carbonyl (C=O) groups excluding carboxylic acids is 2. The van der Waals surface area contributed by atoms with Gasteiger partial charge in [-0.1, -0.05) is 11.3 Å². The van der Waals surface area contributed by atoms with Gasteiger partial charge in [0.15, 0.2) is 11.4 Å². The van der Waals surface area contributed by atoms with Crippen LogP contribution in [0.25, 0.3) is 0 Å². The second kappa shape index (κ2) is 4.39. The van der Waals surface area contributed by atoms with Crippen LogP contribution in [-0.2, 0) is 4.79 Å². The van der Waals surface area contributed by atoms with Crippen LogP contribution in [0.5, 0.6) is 0 Å². The van der Waals surface area contributed by atoms with Crippen LogP contribution in [-0.4, -0.2) is 36.8 Å². The Morgan fingerprint density at radius 2 is 2.40 bits per heavy atom. The first kappa shape index (κ1) is 10.1. The summed E-state index contributed by atoms with van der Waals surface area (Å²) in [5.41, 5.74) is 0. The Morgan fingerprint density at radius 3 is 3.13 bits per heavy atom. The quantitative estimate of drug-likeness (QED) is 0.734. The SMILES string of the molecule is O=Cc1cnc(N2CCNC(=O)CC2)s1. The third-order valence-corrected chi connectivity index (χ3v) is 3.19. The van der Waals surface area contributed by atoms with Gasteiger partial charge >= 0.3 is 0 Å². The molecule has 6 heteroatoms. The first-order valence-corrected chi connectivity index (χ1v) is 5.54. The molecule has 0 radical (unpaired) electrons. The van der Waals surface area contributed by atoms with E-state index in [0.29, 0.717) is 24.4 Å². The molecule has 0 aliphatic carbocycles. The molecule has 2 heterocycles. The summed E-state index contributed by atoms with van der Waals surface area (Å²) in [6.45, 7) is 2.05. The molecule has 0 bridgehead atoms. The van der Waals surface area contributed by atoms with Crippen LogP contribution in [0, 0.1) is 0 Å². The number of carbonyl (C=O) groups is 2. The molecule has 0 spiro atoms. The lowest BCUT2D eigenvalue weighted by atomic mass is 10.4. The Balaban J connectivity index is 2.09. The largest absolute Gasteiger partial charge is 0.354 e. The first-order valence-electron chi connectivity index (χ1n) is 4.72. The lowest BCUT2D eigenvalue weighted by Gasteiger charge is -2.17. The van der Waals surface area contributed by atoms with E-state index in [2.05, 4.69) is 10.3 Å². The van der Waals surface area contributed by atoms with Crippen LogP contribution in [0.4, 0.5) is 5.13 Å². The fourth-order valence-electron chi connectivity index (χ4n) is 1.44. The van der Waals surface area contributed by atoms with Crippen molar-refractivity contribution in [2.75, 3.05) is 24.5 Å². The molecule has 1 aliphatic heterocycles. The van der Waals surface area contributed by atoms with Crippen LogP contribution in [0.2, 0.25) is 0 Å². The van der Waals surface area contributed by atoms with E-state index < -0.39 is 0 Å². The van der Waals surface area contributed by atoms with Crippen molar-refractivity contribution in [2.24, 2.45) is 0 Å². The van der Waals surface area contributed by atoms with Crippen LogP contribution in [0.3, 0.4) is 0 Å². The Morgan fingerprint density at radius 1 is 1.53 bits per heavy atom. The minimum absolute atomic E-state index is 0.0738. The van der Waals surface area contributed by atoms with E-state index in [1.54, 1.807) is 6.20 Å². The van der Waals surface area contributed by atoms with Crippen LogP contribution in [0.1, 0.15) is 16.1 Å². The minimum Gasteiger partial charge on any atom is -0.354 e. The second-order valence-electron chi connectivity index (χ2n) is 3.25. The number of aldehydes is 1. The Hall–Kier alpha value is -1.43. The zero-order valence-electron chi connectivity index (χ0n) is 8.10. The summed E-state index contributed by atoms with van der Waals surface area (Å²) in [6, 6.07) is 0. The molecule has 5 nitrogen and oxygen atoms in total. The number of thiazole rings is 1. The summed E-state index contributed by atoms with van der Waals surface area (Å²) in [7, 11) is 0. The van der Waals surface area contributed by atoms with Gasteiger partial charge in [0.1, 0.15) is 0 Å². The summed E-state index contributed by atoms with van der Waals surface area (Å²) < 4.78 is 0. The highest BCUT2D eigenvalue weighted by Crippen LogP contribution is 2.21. The van der Waals surface area contributed by atoms with Crippen molar-refractivity contribution in [1.29, 1.82) is 0 Å². The van der Waals surface area contributed by atoms with Crippen LogP contribution in [0.15, 0.2) is 6.20 Å². The van der Waals surface area contributed by atoms with Crippen LogP contribution >= 0.6 is 11.3 Å². The first-order chi connectivity index (χ1) is 7.29. The lowest BCUT2D eigenvalue weighted by Crippen LogP contribution is -2.28. The molecule has 0 unspecified atom stereocenters. The molecule has 0 saturated carbocycles. The monoisotopic (exact) mass is 225 g/mol. The molecule has 1 amide bonds. The molecule has 0 aromatic carbocycles. The van der Waals surface area contributed by atoms with Crippen molar-refractivity contribution in [1.82, 2.24) is 10.3 Å². The number of amides is 1. The third-order valence-electron chi connectivity index (χ3n) is 2.21. The molecule has 1 aromatic rings. The number of anilines is 1. The van der Waals surface area contributed by atoms with E-state index in [1.807, 2.05) is 4.90 Å². The van der Waals surface area contributed by atoms with E-state index >= 15 is 0 Å². The average molecular weight is 225 g/mol. The summed E-state index contributed by atoms with van der Waals surface area (Å²) in [5.74, 6) is 0.0738. The van der Waals surface area contributed by atoms with E-state index in [9.17, 15) is 9.59 Å². The van der Waals surface area contributed by atoms with Crippen molar-refractivity contribution in [2.45, 2.75) is 6.42 Å². The fourth-order valence-corrected chi connectivity index (χ4v) is 2.22. The highest BCUT2D eigenvalue weighted by molar-refractivity contribution is 7.17. The zero-order valence-corrected chi connectivity index (χ0v) is 8.92.